The summed E-state index contributed by atoms with van der Waals surface area (Å²) in [7, 11) is -3.40. The second kappa shape index (κ2) is 6.26. The molecule has 2 rings (SSSR count). The summed E-state index contributed by atoms with van der Waals surface area (Å²) >= 11 is 1.81. The molecule has 0 heterocycles. The molecule has 1 saturated carbocycles. The third-order valence-corrected chi connectivity index (χ3v) is 6.14. The van der Waals surface area contributed by atoms with Crippen LogP contribution in [0, 0.1) is 0 Å². The van der Waals surface area contributed by atoms with E-state index in [9.17, 15) is 8.42 Å². The molecule has 1 fully saturated rings. The van der Waals surface area contributed by atoms with Crippen LogP contribution in [-0.4, -0.2) is 26.0 Å². The van der Waals surface area contributed by atoms with E-state index < -0.39 is 10.0 Å². The fraction of sp³-hybridized carbons (Fsp3) is 0.538. The Morgan fingerprint density at radius 2 is 2.00 bits per heavy atom. The van der Waals surface area contributed by atoms with Crippen LogP contribution in [-0.2, 0) is 16.6 Å². The van der Waals surface area contributed by atoms with Gasteiger partial charge in [0.2, 0.25) is 10.0 Å². The Kier molecular flexibility index (Phi) is 4.89. The zero-order valence-electron chi connectivity index (χ0n) is 11.0. The smallest absolute Gasteiger partial charge is 0.240 e. The SMILES string of the molecule is CSC1CCC(NS(=O)(=O)c2ccc(CN)cc2)C1. The minimum absolute atomic E-state index is 0.0663. The number of hydrogen-bond donors (Lipinski definition) is 2. The summed E-state index contributed by atoms with van der Waals surface area (Å²) in [5.41, 5.74) is 6.44. The van der Waals surface area contributed by atoms with E-state index in [-0.39, 0.29) is 6.04 Å². The summed E-state index contributed by atoms with van der Waals surface area (Å²) in [6, 6.07) is 6.82. The van der Waals surface area contributed by atoms with Gasteiger partial charge in [-0.2, -0.15) is 11.8 Å². The average Bonchev–Trinajstić information content (AvgIpc) is 2.85. The van der Waals surface area contributed by atoms with E-state index in [1.807, 2.05) is 11.8 Å². The van der Waals surface area contributed by atoms with Crippen LogP contribution in [0.15, 0.2) is 29.2 Å². The molecule has 1 aromatic carbocycles. The first-order chi connectivity index (χ1) is 9.05. The van der Waals surface area contributed by atoms with Gasteiger partial charge in [0, 0.05) is 17.8 Å². The van der Waals surface area contributed by atoms with Gasteiger partial charge in [0.1, 0.15) is 0 Å². The molecule has 0 radical (unpaired) electrons. The second-order valence-electron chi connectivity index (χ2n) is 4.84. The fourth-order valence-corrected chi connectivity index (χ4v) is 4.43. The van der Waals surface area contributed by atoms with Gasteiger partial charge in [-0.05, 0) is 43.2 Å². The molecule has 0 aromatic heterocycles. The molecule has 0 spiro atoms. The summed E-state index contributed by atoms with van der Waals surface area (Å²) in [6.07, 6.45) is 5.00. The molecule has 0 bridgehead atoms. The molecule has 4 nitrogen and oxygen atoms in total. The van der Waals surface area contributed by atoms with Crippen molar-refractivity contribution in [2.45, 2.75) is 42.0 Å². The Balaban J connectivity index is 2.05. The van der Waals surface area contributed by atoms with Crippen molar-refractivity contribution in [2.75, 3.05) is 6.26 Å². The van der Waals surface area contributed by atoms with E-state index in [4.69, 9.17) is 5.73 Å². The van der Waals surface area contributed by atoms with Crippen molar-refractivity contribution in [3.63, 3.8) is 0 Å². The van der Waals surface area contributed by atoms with Gasteiger partial charge in [-0.25, -0.2) is 13.1 Å². The number of hydrogen-bond acceptors (Lipinski definition) is 4. The highest BCUT2D eigenvalue weighted by Gasteiger charge is 2.28. The molecule has 1 aromatic rings. The van der Waals surface area contributed by atoms with Crippen molar-refractivity contribution >= 4 is 21.8 Å². The van der Waals surface area contributed by atoms with E-state index in [2.05, 4.69) is 11.0 Å². The zero-order chi connectivity index (χ0) is 13.9. The third kappa shape index (κ3) is 3.72. The van der Waals surface area contributed by atoms with Crippen LogP contribution < -0.4 is 10.5 Å². The molecular weight excluding hydrogens is 280 g/mol. The Hall–Kier alpha value is -0.560. The van der Waals surface area contributed by atoms with Crippen molar-refractivity contribution in [1.82, 2.24) is 4.72 Å². The Bertz CT molecular complexity index is 514. The summed E-state index contributed by atoms with van der Waals surface area (Å²) in [5, 5.41) is 0.576. The first-order valence-corrected chi connectivity index (χ1v) is 9.16. The Morgan fingerprint density at radius 1 is 1.32 bits per heavy atom. The predicted octanol–water partition coefficient (Wildman–Crippen LogP) is 1.71. The minimum Gasteiger partial charge on any atom is -0.326 e. The van der Waals surface area contributed by atoms with Gasteiger partial charge < -0.3 is 5.73 Å². The quantitative estimate of drug-likeness (QED) is 0.868. The molecule has 106 valence electrons. The molecule has 2 unspecified atom stereocenters. The van der Waals surface area contributed by atoms with E-state index in [0.717, 1.165) is 24.8 Å². The lowest BCUT2D eigenvalue weighted by molar-refractivity contribution is 0.552. The average molecular weight is 300 g/mol. The predicted molar refractivity (Wildman–Crippen MR) is 79.6 cm³/mol. The highest BCUT2D eigenvalue weighted by Crippen LogP contribution is 2.29. The van der Waals surface area contributed by atoms with Crippen molar-refractivity contribution in [2.24, 2.45) is 5.73 Å². The minimum atomic E-state index is -3.40. The third-order valence-electron chi connectivity index (χ3n) is 3.51. The van der Waals surface area contributed by atoms with Crippen molar-refractivity contribution < 1.29 is 8.42 Å². The molecule has 1 aliphatic rings. The molecule has 1 aliphatic carbocycles. The van der Waals surface area contributed by atoms with E-state index in [1.165, 1.54) is 0 Å². The monoisotopic (exact) mass is 300 g/mol. The summed E-state index contributed by atoms with van der Waals surface area (Å²) < 4.78 is 27.3. The summed E-state index contributed by atoms with van der Waals surface area (Å²) in [6.45, 7) is 0.422. The van der Waals surface area contributed by atoms with Gasteiger partial charge in [0.25, 0.3) is 0 Å². The highest BCUT2D eigenvalue weighted by atomic mass is 32.2. The number of thioether (sulfide) groups is 1. The molecule has 2 atom stereocenters. The van der Waals surface area contributed by atoms with Crippen LogP contribution >= 0.6 is 11.8 Å². The molecule has 0 saturated heterocycles. The van der Waals surface area contributed by atoms with Gasteiger partial charge in [0.05, 0.1) is 4.90 Å². The van der Waals surface area contributed by atoms with Gasteiger partial charge in [-0.15, -0.1) is 0 Å². The zero-order valence-corrected chi connectivity index (χ0v) is 12.6. The normalized spacial score (nSPS) is 23.7. The van der Waals surface area contributed by atoms with Crippen LogP contribution in [0.1, 0.15) is 24.8 Å². The second-order valence-corrected chi connectivity index (χ2v) is 7.69. The highest BCUT2D eigenvalue weighted by molar-refractivity contribution is 7.99. The van der Waals surface area contributed by atoms with Crippen molar-refractivity contribution in [1.29, 1.82) is 0 Å². The number of nitrogens with one attached hydrogen (secondary N) is 1. The van der Waals surface area contributed by atoms with E-state index in [1.54, 1.807) is 24.3 Å². The number of rotatable bonds is 5. The molecule has 6 heteroatoms. The van der Waals surface area contributed by atoms with Crippen LogP contribution in [0.2, 0.25) is 0 Å². The molecular formula is C13H20N2O2S2. The van der Waals surface area contributed by atoms with E-state index >= 15 is 0 Å². The fourth-order valence-electron chi connectivity index (χ4n) is 2.35. The van der Waals surface area contributed by atoms with Crippen LogP contribution in [0.4, 0.5) is 0 Å². The van der Waals surface area contributed by atoms with Gasteiger partial charge in [0.15, 0.2) is 0 Å². The van der Waals surface area contributed by atoms with Crippen LogP contribution in [0.25, 0.3) is 0 Å². The first-order valence-electron chi connectivity index (χ1n) is 6.39. The maximum absolute atomic E-state index is 12.2. The van der Waals surface area contributed by atoms with Crippen LogP contribution in [0.5, 0.6) is 0 Å². The lowest BCUT2D eigenvalue weighted by Crippen LogP contribution is -2.33. The summed E-state index contributed by atoms with van der Waals surface area (Å²) in [4.78, 5) is 0.317. The Morgan fingerprint density at radius 3 is 2.53 bits per heavy atom. The standard InChI is InChI=1S/C13H20N2O2S2/c1-18-12-5-4-11(8-12)15-19(16,17)13-6-2-10(9-14)3-7-13/h2-3,6-7,11-12,15H,4-5,8-9,14H2,1H3. The van der Waals surface area contributed by atoms with E-state index in [0.29, 0.717) is 16.7 Å². The summed E-state index contributed by atoms with van der Waals surface area (Å²) in [5.74, 6) is 0. The molecule has 3 N–H and O–H groups in total. The Labute approximate surface area is 119 Å². The number of nitrogens with two attached hydrogens (primary N) is 1. The maximum atomic E-state index is 12.2. The lowest BCUT2D eigenvalue weighted by atomic mass is 10.2. The van der Waals surface area contributed by atoms with Crippen molar-refractivity contribution in [3.05, 3.63) is 29.8 Å². The number of benzene rings is 1. The largest absolute Gasteiger partial charge is 0.326 e. The first kappa shape index (κ1) is 14.8. The topological polar surface area (TPSA) is 72.2 Å². The van der Waals surface area contributed by atoms with Crippen molar-refractivity contribution in [3.8, 4) is 0 Å². The van der Waals surface area contributed by atoms with Crippen LogP contribution in [0.3, 0.4) is 0 Å². The number of sulfonamides is 1. The van der Waals surface area contributed by atoms with Gasteiger partial charge >= 0.3 is 0 Å². The lowest BCUT2D eigenvalue weighted by Gasteiger charge is -2.13. The molecule has 19 heavy (non-hydrogen) atoms. The molecule has 0 amide bonds. The maximum Gasteiger partial charge on any atom is 0.240 e. The van der Waals surface area contributed by atoms with Gasteiger partial charge in [-0.1, -0.05) is 12.1 Å². The van der Waals surface area contributed by atoms with Gasteiger partial charge in [-0.3, -0.25) is 0 Å². The molecule has 0 aliphatic heterocycles.